The van der Waals surface area contributed by atoms with Gasteiger partial charge in [-0.1, -0.05) is 0 Å². The highest BCUT2D eigenvalue weighted by molar-refractivity contribution is 5.70. The molecule has 0 unspecified atom stereocenters. The molecule has 1 fully saturated rings. The van der Waals surface area contributed by atoms with Crippen molar-refractivity contribution in [2.45, 2.75) is 38.2 Å². The topological polar surface area (TPSA) is 35.5 Å². The molecule has 0 atom stereocenters. The van der Waals surface area contributed by atoms with Crippen molar-refractivity contribution in [3.8, 4) is 0 Å². The van der Waals surface area contributed by atoms with Crippen molar-refractivity contribution >= 4 is 5.97 Å². The van der Waals surface area contributed by atoms with Gasteiger partial charge in [-0.05, 0) is 26.2 Å². The Kier molecular flexibility index (Phi) is 3.09. The fraction of sp³-hybridized carbons (Fsp3) is 0.889. The Bertz CT molecular complexity index is 161. The third-order valence-corrected chi connectivity index (χ3v) is 2.41. The fourth-order valence-corrected chi connectivity index (χ4v) is 1.58. The molecule has 0 heterocycles. The number of hydrogen-bond acceptors (Lipinski definition) is 3. The van der Waals surface area contributed by atoms with Crippen LogP contribution in [0.2, 0.25) is 0 Å². The lowest BCUT2D eigenvalue weighted by molar-refractivity contribution is -0.156. The molecule has 0 aliphatic heterocycles. The molecule has 0 radical (unpaired) electrons. The summed E-state index contributed by atoms with van der Waals surface area (Å²) in [7, 11) is 1.42. The van der Waals surface area contributed by atoms with Crippen LogP contribution in [-0.4, -0.2) is 25.3 Å². The van der Waals surface area contributed by atoms with E-state index in [1.54, 1.807) is 0 Å². The van der Waals surface area contributed by atoms with E-state index < -0.39 is 0 Å². The number of rotatable bonds is 4. The molecule has 0 aromatic carbocycles. The van der Waals surface area contributed by atoms with E-state index in [1.165, 1.54) is 7.11 Å². The van der Waals surface area contributed by atoms with E-state index in [0.29, 0.717) is 13.0 Å². The zero-order valence-electron chi connectivity index (χ0n) is 7.76. The summed E-state index contributed by atoms with van der Waals surface area (Å²) in [6, 6.07) is 0. The first-order chi connectivity index (χ1) is 5.72. The third kappa shape index (κ3) is 1.97. The van der Waals surface area contributed by atoms with Gasteiger partial charge in [0.25, 0.3) is 0 Å². The molecule has 0 aromatic rings. The number of hydrogen-bond donors (Lipinski definition) is 0. The van der Waals surface area contributed by atoms with Crippen LogP contribution in [0.1, 0.15) is 32.6 Å². The Hall–Kier alpha value is -0.570. The summed E-state index contributed by atoms with van der Waals surface area (Å²) in [6.07, 6.45) is 3.57. The average Bonchev–Trinajstić information content (AvgIpc) is 2.00. The molecule has 3 heteroatoms. The minimum Gasteiger partial charge on any atom is -0.469 e. The molecule has 12 heavy (non-hydrogen) atoms. The van der Waals surface area contributed by atoms with E-state index in [0.717, 1.165) is 19.3 Å². The summed E-state index contributed by atoms with van der Waals surface area (Å²) >= 11 is 0. The molecule has 70 valence electrons. The molecule has 3 nitrogen and oxygen atoms in total. The van der Waals surface area contributed by atoms with Crippen molar-refractivity contribution in [1.82, 2.24) is 0 Å². The first-order valence-corrected chi connectivity index (χ1v) is 4.43. The fourth-order valence-electron chi connectivity index (χ4n) is 1.58. The predicted octanol–water partition coefficient (Wildman–Crippen LogP) is 1.51. The molecule has 0 aromatic heterocycles. The molecule has 0 bridgehead atoms. The Labute approximate surface area is 73.0 Å². The van der Waals surface area contributed by atoms with Crippen LogP contribution in [0.25, 0.3) is 0 Å². The van der Waals surface area contributed by atoms with Crippen molar-refractivity contribution in [3.63, 3.8) is 0 Å². The van der Waals surface area contributed by atoms with Crippen molar-refractivity contribution in [1.29, 1.82) is 0 Å². The molecule has 1 rings (SSSR count). The van der Waals surface area contributed by atoms with Crippen LogP contribution in [0.4, 0.5) is 0 Å². The highest BCUT2D eigenvalue weighted by Gasteiger charge is 2.39. The van der Waals surface area contributed by atoms with Crippen molar-refractivity contribution in [2.24, 2.45) is 0 Å². The molecule has 1 saturated carbocycles. The maximum atomic E-state index is 11.0. The second-order valence-electron chi connectivity index (χ2n) is 3.22. The smallest absolute Gasteiger partial charge is 0.308 e. The Morgan fingerprint density at radius 3 is 2.50 bits per heavy atom. The van der Waals surface area contributed by atoms with Gasteiger partial charge < -0.3 is 9.47 Å². The second kappa shape index (κ2) is 3.90. The van der Waals surface area contributed by atoms with E-state index in [4.69, 9.17) is 4.74 Å². The van der Waals surface area contributed by atoms with Gasteiger partial charge >= 0.3 is 5.97 Å². The van der Waals surface area contributed by atoms with E-state index in [9.17, 15) is 4.79 Å². The van der Waals surface area contributed by atoms with Gasteiger partial charge in [-0.25, -0.2) is 0 Å². The first kappa shape index (κ1) is 9.52. The summed E-state index contributed by atoms with van der Waals surface area (Å²) in [4.78, 5) is 11.0. The van der Waals surface area contributed by atoms with Gasteiger partial charge in [-0.2, -0.15) is 0 Å². The van der Waals surface area contributed by atoms with E-state index in [1.807, 2.05) is 6.92 Å². The minimum absolute atomic E-state index is 0.164. The van der Waals surface area contributed by atoms with Crippen LogP contribution in [0, 0.1) is 0 Å². The van der Waals surface area contributed by atoms with Gasteiger partial charge in [0.05, 0.1) is 19.1 Å². The zero-order valence-corrected chi connectivity index (χ0v) is 7.76. The first-order valence-electron chi connectivity index (χ1n) is 4.43. The molecular formula is C9H16O3. The largest absolute Gasteiger partial charge is 0.469 e. The molecule has 0 saturated heterocycles. The highest BCUT2D eigenvalue weighted by Crippen LogP contribution is 2.38. The average molecular weight is 172 g/mol. The molecule has 1 aliphatic rings. The highest BCUT2D eigenvalue weighted by atomic mass is 16.5. The minimum atomic E-state index is -0.179. The SMILES string of the molecule is CCOC1(CC(=O)OC)CCC1. The van der Waals surface area contributed by atoms with E-state index >= 15 is 0 Å². The van der Waals surface area contributed by atoms with Crippen LogP contribution < -0.4 is 0 Å². The molecule has 1 aliphatic carbocycles. The Morgan fingerprint density at radius 1 is 1.50 bits per heavy atom. The van der Waals surface area contributed by atoms with Crippen molar-refractivity contribution < 1.29 is 14.3 Å². The normalized spacial score (nSPS) is 19.8. The van der Waals surface area contributed by atoms with Crippen LogP contribution >= 0.6 is 0 Å². The van der Waals surface area contributed by atoms with Crippen LogP contribution in [0.15, 0.2) is 0 Å². The molecule has 0 amide bonds. The van der Waals surface area contributed by atoms with Gasteiger partial charge in [-0.3, -0.25) is 4.79 Å². The van der Waals surface area contributed by atoms with Gasteiger partial charge in [0.15, 0.2) is 0 Å². The Morgan fingerprint density at radius 2 is 2.17 bits per heavy atom. The van der Waals surface area contributed by atoms with Gasteiger partial charge in [-0.15, -0.1) is 0 Å². The molecule has 0 N–H and O–H groups in total. The molecule has 0 spiro atoms. The Balaban J connectivity index is 2.39. The summed E-state index contributed by atoms with van der Waals surface area (Å²) in [5, 5.41) is 0. The van der Waals surface area contributed by atoms with Gasteiger partial charge in [0, 0.05) is 6.61 Å². The van der Waals surface area contributed by atoms with Crippen molar-refractivity contribution in [3.05, 3.63) is 0 Å². The quantitative estimate of drug-likeness (QED) is 0.603. The van der Waals surface area contributed by atoms with Gasteiger partial charge in [0.2, 0.25) is 0 Å². The number of ether oxygens (including phenoxy) is 2. The van der Waals surface area contributed by atoms with Gasteiger partial charge in [0.1, 0.15) is 0 Å². The lowest BCUT2D eigenvalue weighted by Crippen LogP contribution is -2.42. The van der Waals surface area contributed by atoms with Crippen LogP contribution in [-0.2, 0) is 14.3 Å². The maximum absolute atomic E-state index is 11.0. The third-order valence-electron chi connectivity index (χ3n) is 2.41. The maximum Gasteiger partial charge on any atom is 0.308 e. The number of esters is 1. The zero-order chi connectivity index (χ0) is 9.03. The standard InChI is InChI=1S/C9H16O3/c1-3-12-9(5-4-6-9)7-8(10)11-2/h3-7H2,1-2H3. The lowest BCUT2D eigenvalue weighted by atomic mass is 9.77. The van der Waals surface area contributed by atoms with E-state index in [2.05, 4.69) is 4.74 Å². The van der Waals surface area contributed by atoms with Crippen LogP contribution in [0.3, 0.4) is 0 Å². The summed E-state index contributed by atoms with van der Waals surface area (Å²) < 4.78 is 10.1. The summed E-state index contributed by atoms with van der Waals surface area (Å²) in [6.45, 7) is 2.63. The second-order valence-corrected chi connectivity index (χ2v) is 3.22. The number of carbonyl (C=O) groups is 1. The van der Waals surface area contributed by atoms with Crippen LogP contribution in [0.5, 0.6) is 0 Å². The lowest BCUT2D eigenvalue weighted by Gasteiger charge is -2.40. The molecular weight excluding hydrogens is 156 g/mol. The summed E-state index contributed by atoms with van der Waals surface area (Å²) in [5.41, 5.74) is -0.179. The monoisotopic (exact) mass is 172 g/mol. The predicted molar refractivity (Wildman–Crippen MR) is 44.8 cm³/mol. The number of carbonyl (C=O) groups excluding carboxylic acids is 1. The summed E-state index contributed by atoms with van der Waals surface area (Å²) in [5.74, 6) is -0.164. The van der Waals surface area contributed by atoms with E-state index in [-0.39, 0.29) is 11.6 Å². The number of methoxy groups -OCH3 is 1. The van der Waals surface area contributed by atoms with Crippen molar-refractivity contribution in [2.75, 3.05) is 13.7 Å².